The first-order valence-electron chi connectivity index (χ1n) is 7.42. The minimum Gasteiger partial charge on any atom is -0.331 e. The molecule has 2 heteroatoms. The van der Waals surface area contributed by atoms with Gasteiger partial charge < -0.3 is 4.57 Å². The predicted octanol–water partition coefficient (Wildman–Crippen LogP) is 4.96. The van der Waals surface area contributed by atoms with Crippen molar-refractivity contribution in [1.29, 1.82) is 0 Å². The van der Waals surface area contributed by atoms with Gasteiger partial charge in [0, 0.05) is 23.3 Å². The Labute approximate surface area is 113 Å². The highest BCUT2D eigenvalue weighted by molar-refractivity contribution is 5.13. The van der Waals surface area contributed by atoms with Crippen LogP contribution in [0.5, 0.6) is 0 Å². The fraction of sp³-hybridized carbons (Fsp3) is 0.812. The lowest BCUT2D eigenvalue weighted by atomic mass is 9.83. The maximum Gasteiger partial charge on any atom is 0.0950 e. The molecule has 1 rings (SSSR count). The SMILES string of the molecule is CCCCCC(C)(C)c1cncn1C(C)C(C)C. The van der Waals surface area contributed by atoms with Crippen LogP contribution in [0.2, 0.25) is 0 Å². The first-order valence-corrected chi connectivity index (χ1v) is 7.42. The summed E-state index contributed by atoms with van der Waals surface area (Å²) < 4.78 is 2.37. The molecule has 0 bridgehead atoms. The van der Waals surface area contributed by atoms with Crippen LogP contribution in [-0.4, -0.2) is 9.55 Å². The molecule has 0 aliphatic carbocycles. The van der Waals surface area contributed by atoms with Crippen molar-refractivity contribution in [3.63, 3.8) is 0 Å². The standard InChI is InChI=1S/C16H30N2/c1-7-8-9-10-16(5,6)15-11-17-12-18(15)14(4)13(2)3/h11-14H,7-10H2,1-6H3. The van der Waals surface area contributed by atoms with Crippen LogP contribution in [0, 0.1) is 5.92 Å². The monoisotopic (exact) mass is 250 g/mol. The highest BCUT2D eigenvalue weighted by atomic mass is 15.1. The van der Waals surface area contributed by atoms with Crippen molar-refractivity contribution in [3.8, 4) is 0 Å². The van der Waals surface area contributed by atoms with Gasteiger partial charge in [-0.2, -0.15) is 0 Å². The lowest BCUT2D eigenvalue weighted by molar-refractivity contribution is 0.354. The molecule has 1 aromatic rings. The summed E-state index contributed by atoms with van der Waals surface area (Å²) in [6.07, 6.45) is 9.24. The van der Waals surface area contributed by atoms with E-state index >= 15 is 0 Å². The first-order chi connectivity index (χ1) is 8.40. The molecule has 0 aliphatic rings. The molecule has 0 spiro atoms. The van der Waals surface area contributed by atoms with E-state index in [0.29, 0.717) is 12.0 Å². The van der Waals surface area contributed by atoms with Crippen LogP contribution in [0.25, 0.3) is 0 Å². The molecule has 0 saturated heterocycles. The highest BCUT2D eigenvalue weighted by Crippen LogP contribution is 2.32. The average Bonchev–Trinajstić information content (AvgIpc) is 2.77. The summed E-state index contributed by atoms with van der Waals surface area (Å²) in [4.78, 5) is 4.38. The summed E-state index contributed by atoms with van der Waals surface area (Å²) in [6.45, 7) is 13.8. The van der Waals surface area contributed by atoms with E-state index in [-0.39, 0.29) is 5.41 Å². The maximum absolute atomic E-state index is 4.38. The summed E-state index contributed by atoms with van der Waals surface area (Å²) in [6, 6.07) is 0.521. The van der Waals surface area contributed by atoms with Gasteiger partial charge in [-0.25, -0.2) is 4.98 Å². The van der Waals surface area contributed by atoms with Crippen LogP contribution in [0.1, 0.15) is 79.0 Å². The van der Waals surface area contributed by atoms with Crippen LogP contribution in [0.4, 0.5) is 0 Å². The van der Waals surface area contributed by atoms with Crippen molar-refractivity contribution in [1.82, 2.24) is 9.55 Å². The van der Waals surface area contributed by atoms with Gasteiger partial charge >= 0.3 is 0 Å². The van der Waals surface area contributed by atoms with Crippen molar-refractivity contribution in [2.24, 2.45) is 5.92 Å². The molecule has 1 atom stereocenters. The number of unbranched alkanes of at least 4 members (excludes halogenated alkanes) is 2. The second kappa shape index (κ2) is 6.40. The van der Waals surface area contributed by atoms with E-state index in [1.54, 1.807) is 0 Å². The highest BCUT2D eigenvalue weighted by Gasteiger charge is 2.26. The zero-order chi connectivity index (χ0) is 13.8. The van der Waals surface area contributed by atoms with Gasteiger partial charge in [0.1, 0.15) is 0 Å². The normalized spacial score (nSPS) is 14.2. The number of imidazole rings is 1. The van der Waals surface area contributed by atoms with Gasteiger partial charge in [0.05, 0.1) is 6.33 Å². The largest absolute Gasteiger partial charge is 0.331 e. The number of aromatic nitrogens is 2. The van der Waals surface area contributed by atoms with Crippen LogP contribution >= 0.6 is 0 Å². The fourth-order valence-corrected chi connectivity index (χ4v) is 2.42. The summed E-state index contributed by atoms with van der Waals surface area (Å²) in [5.41, 5.74) is 1.62. The molecule has 0 N–H and O–H groups in total. The predicted molar refractivity (Wildman–Crippen MR) is 78.9 cm³/mol. The molecule has 104 valence electrons. The second-order valence-electron chi connectivity index (χ2n) is 6.51. The van der Waals surface area contributed by atoms with E-state index in [4.69, 9.17) is 0 Å². The van der Waals surface area contributed by atoms with Gasteiger partial charge in [-0.3, -0.25) is 0 Å². The summed E-state index contributed by atoms with van der Waals surface area (Å²) in [5, 5.41) is 0. The van der Waals surface area contributed by atoms with Gasteiger partial charge in [0.2, 0.25) is 0 Å². The van der Waals surface area contributed by atoms with Crippen LogP contribution in [0.15, 0.2) is 12.5 Å². The summed E-state index contributed by atoms with van der Waals surface area (Å²) in [7, 11) is 0. The van der Waals surface area contributed by atoms with Gasteiger partial charge in [-0.1, -0.05) is 53.9 Å². The van der Waals surface area contributed by atoms with Crippen molar-refractivity contribution in [3.05, 3.63) is 18.2 Å². The van der Waals surface area contributed by atoms with Gasteiger partial charge in [0.25, 0.3) is 0 Å². The third-order valence-corrected chi connectivity index (χ3v) is 4.17. The Morgan fingerprint density at radius 1 is 1.22 bits per heavy atom. The Kier molecular flexibility index (Phi) is 5.43. The molecule has 1 heterocycles. The maximum atomic E-state index is 4.38. The van der Waals surface area contributed by atoms with Crippen LogP contribution in [0.3, 0.4) is 0 Å². The van der Waals surface area contributed by atoms with Gasteiger partial charge in [-0.05, 0) is 19.3 Å². The first kappa shape index (κ1) is 15.3. The van der Waals surface area contributed by atoms with E-state index in [0.717, 1.165) is 0 Å². The zero-order valence-electron chi connectivity index (χ0n) is 13.0. The zero-order valence-corrected chi connectivity index (χ0v) is 13.0. The Bertz CT molecular complexity index is 350. The quantitative estimate of drug-likeness (QED) is 0.625. The lowest BCUT2D eigenvalue weighted by Crippen LogP contribution is -2.24. The van der Waals surface area contributed by atoms with E-state index in [1.165, 1.54) is 31.4 Å². The smallest absolute Gasteiger partial charge is 0.0950 e. The average molecular weight is 250 g/mol. The number of hydrogen-bond acceptors (Lipinski definition) is 1. The lowest BCUT2D eigenvalue weighted by Gasteiger charge is -2.29. The Morgan fingerprint density at radius 2 is 1.89 bits per heavy atom. The van der Waals surface area contributed by atoms with Crippen molar-refractivity contribution in [2.45, 2.75) is 78.7 Å². The van der Waals surface area contributed by atoms with Gasteiger partial charge in [0.15, 0.2) is 0 Å². The third kappa shape index (κ3) is 3.60. The molecule has 0 radical (unpaired) electrons. The minimum atomic E-state index is 0.231. The van der Waals surface area contributed by atoms with Crippen molar-refractivity contribution >= 4 is 0 Å². The molecule has 2 nitrogen and oxygen atoms in total. The molecular weight excluding hydrogens is 220 g/mol. The van der Waals surface area contributed by atoms with Crippen LogP contribution in [-0.2, 0) is 5.41 Å². The number of hydrogen-bond donors (Lipinski definition) is 0. The topological polar surface area (TPSA) is 17.8 Å². The molecule has 0 aromatic carbocycles. The van der Waals surface area contributed by atoms with Gasteiger partial charge in [-0.15, -0.1) is 0 Å². The molecule has 1 unspecified atom stereocenters. The number of nitrogens with zero attached hydrogens (tertiary/aromatic N) is 2. The summed E-state index contributed by atoms with van der Waals surface area (Å²) in [5.74, 6) is 0.643. The summed E-state index contributed by atoms with van der Waals surface area (Å²) >= 11 is 0. The van der Waals surface area contributed by atoms with E-state index in [1.807, 2.05) is 6.33 Å². The second-order valence-corrected chi connectivity index (χ2v) is 6.51. The van der Waals surface area contributed by atoms with Crippen molar-refractivity contribution in [2.75, 3.05) is 0 Å². The third-order valence-electron chi connectivity index (χ3n) is 4.17. The molecule has 18 heavy (non-hydrogen) atoms. The Balaban J connectivity index is 2.85. The minimum absolute atomic E-state index is 0.231. The molecule has 0 fully saturated rings. The molecule has 0 saturated carbocycles. The fourth-order valence-electron chi connectivity index (χ4n) is 2.42. The van der Waals surface area contributed by atoms with E-state index in [9.17, 15) is 0 Å². The van der Waals surface area contributed by atoms with E-state index < -0.39 is 0 Å². The molecule has 1 aromatic heterocycles. The Hall–Kier alpha value is -0.790. The molecule has 0 aliphatic heterocycles. The van der Waals surface area contributed by atoms with E-state index in [2.05, 4.69) is 57.3 Å². The van der Waals surface area contributed by atoms with Crippen molar-refractivity contribution < 1.29 is 0 Å². The Morgan fingerprint density at radius 3 is 2.44 bits per heavy atom. The molecule has 0 amide bonds. The number of rotatable bonds is 7. The molecular formula is C16H30N2. The van der Waals surface area contributed by atoms with Crippen LogP contribution < -0.4 is 0 Å².